The molecule has 0 bridgehead atoms. The lowest BCUT2D eigenvalue weighted by Gasteiger charge is -2.06. The van der Waals surface area contributed by atoms with E-state index in [-0.39, 0.29) is 28.2 Å². The van der Waals surface area contributed by atoms with Crippen molar-refractivity contribution in [1.82, 2.24) is 4.98 Å². The monoisotopic (exact) mass is 449 g/mol. The zero-order valence-electron chi connectivity index (χ0n) is 16.3. The SMILES string of the molecule is COc1ccc(S(=O)(=O)Nc2nc(CCC(=O)Nc3ccc(C)c(F)c3)cs2)cc1. The lowest BCUT2D eigenvalue weighted by Crippen LogP contribution is -2.13. The summed E-state index contributed by atoms with van der Waals surface area (Å²) in [5.74, 6) is -0.121. The zero-order valence-corrected chi connectivity index (χ0v) is 17.9. The zero-order chi connectivity index (χ0) is 21.7. The van der Waals surface area contributed by atoms with Gasteiger partial charge in [-0.1, -0.05) is 6.07 Å². The molecule has 0 aliphatic carbocycles. The maximum absolute atomic E-state index is 13.6. The van der Waals surface area contributed by atoms with Crippen LogP contribution in [0.25, 0.3) is 0 Å². The molecule has 2 aromatic carbocycles. The van der Waals surface area contributed by atoms with Crippen molar-refractivity contribution in [2.45, 2.75) is 24.7 Å². The number of carbonyl (C=O) groups is 1. The summed E-state index contributed by atoms with van der Waals surface area (Å²) in [6.45, 7) is 1.64. The Bertz CT molecular complexity index is 1150. The summed E-state index contributed by atoms with van der Waals surface area (Å²) in [7, 11) is -2.28. The Kier molecular flexibility index (Phi) is 6.68. The lowest BCUT2D eigenvalue weighted by molar-refractivity contribution is -0.116. The summed E-state index contributed by atoms with van der Waals surface area (Å²) >= 11 is 1.13. The molecule has 1 amide bonds. The predicted octanol–water partition coefficient (Wildman–Crippen LogP) is 3.97. The highest BCUT2D eigenvalue weighted by atomic mass is 32.2. The third kappa shape index (κ3) is 5.55. The van der Waals surface area contributed by atoms with Crippen molar-refractivity contribution >= 4 is 38.1 Å². The maximum Gasteiger partial charge on any atom is 0.263 e. The summed E-state index contributed by atoms with van der Waals surface area (Å²) in [6.07, 6.45) is 0.449. The van der Waals surface area contributed by atoms with Crippen molar-refractivity contribution in [3.05, 3.63) is 64.9 Å². The molecule has 3 aromatic rings. The van der Waals surface area contributed by atoms with E-state index in [2.05, 4.69) is 15.0 Å². The van der Waals surface area contributed by atoms with E-state index in [1.807, 2.05) is 0 Å². The molecule has 0 atom stereocenters. The number of aryl methyl sites for hydroxylation is 2. The van der Waals surface area contributed by atoms with Crippen LogP contribution in [0.4, 0.5) is 15.2 Å². The normalized spacial score (nSPS) is 11.2. The van der Waals surface area contributed by atoms with E-state index in [1.165, 1.54) is 25.3 Å². The number of nitrogens with one attached hydrogen (secondary N) is 2. The van der Waals surface area contributed by atoms with Crippen LogP contribution in [0.1, 0.15) is 17.7 Å². The first kappa shape index (κ1) is 21.7. The minimum atomic E-state index is -3.78. The first-order chi connectivity index (χ1) is 14.3. The van der Waals surface area contributed by atoms with Crippen molar-refractivity contribution in [1.29, 1.82) is 0 Å². The van der Waals surface area contributed by atoms with Crippen LogP contribution in [-0.4, -0.2) is 26.4 Å². The van der Waals surface area contributed by atoms with Crippen LogP contribution in [-0.2, 0) is 21.2 Å². The molecular formula is C20H20FN3O4S2. The molecule has 0 radical (unpaired) electrons. The van der Waals surface area contributed by atoms with Crippen LogP contribution >= 0.6 is 11.3 Å². The van der Waals surface area contributed by atoms with Crippen LogP contribution in [0.5, 0.6) is 5.75 Å². The van der Waals surface area contributed by atoms with Gasteiger partial charge in [0.25, 0.3) is 10.0 Å². The van der Waals surface area contributed by atoms with Gasteiger partial charge >= 0.3 is 0 Å². The maximum atomic E-state index is 13.6. The highest BCUT2D eigenvalue weighted by molar-refractivity contribution is 7.93. The number of ether oxygens (including phenoxy) is 1. The highest BCUT2D eigenvalue weighted by Gasteiger charge is 2.16. The Morgan fingerprint density at radius 3 is 2.60 bits per heavy atom. The number of methoxy groups -OCH3 is 1. The average Bonchev–Trinajstić information content (AvgIpc) is 3.16. The van der Waals surface area contributed by atoms with Gasteiger partial charge in [-0.2, -0.15) is 0 Å². The van der Waals surface area contributed by atoms with Crippen molar-refractivity contribution < 1.29 is 22.3 Å². The lowest BCUT2D eigenvalue weighted by atomic mass is 10.2. The predicted molar refractivity (Wildman–Crippen MR) is 114 cm³/mol. The van der Waals surface area contributed by atoms with Gasteiger partial charge in [0.1, 0.15) is 11.6 Å². The van der Waals surface area contributed by atoms with Gasteiger partial charge < -0.3 is 10.1 Å². The Morgan fingerprint density at radius 1 is 1.20 bits per heavy atom. The number of rotatable bonds is 8. The van der Waals surface area contributed by atoms with Crippen LogP contribution < -0.4 is 14.8 Å². The molecule has 30 heavy (non-hydrogen) atoms. The highest BCUT2D eigenvalue weighted by Crippen LogP contribution is 2.22. The molecule has 0 aliphatic rings. The summed E-state index contributed by atoms with van der Waals surface area (Å²) in [6, 6.07) is 10.5. The van der Waals surface area contributed by atoms with Gasteiger partial charge in [-0.3, -0.25) is 9.52 Å². The Hall–Kier alpha value is -2.98. The van der Waals surface area contributed by atoms with Gasteiger partial charge in [0, 0.05) is 17.5 Å². The average molecular weight is 450 g/mol. The second-order valence-electron chi connectivity index (χ2n) is 6.44. The third-order valence-electron chi connectivity index (χ3n) is 4.21. The molecule has 1 aromatic heterocycles. The summed E-state index contributed by atoms with van der Waals surface area (Å²) in [5, 5.41) is 4.53. The molecule has 0 unspecified atom stereocenters. The molecule has 10 heteroatoms. The van der Waals surface area contributed by atoms with Crippen LogP contribution in [0.15, 0.2) is 52.7 Å². The molecule has 158 valence electrons. The van der Waals surface area contributed by atoms with E-state index in [1.54, 1.807) is 36.6 Å². The van der Waals surface area contributed by atoms with Gasteiger partial charge in [-0.25, -0.2) is 17.8 Å². The number of thiazole rings is 1. The fraction of sp³-hybridized carbons (Fsp3) is 0.200. The first-order valence-electron chi connectivity index (χ1n) is 8.94. The molecule has 1 heterocycles. The van der Waals surface area contributed by atoms with Crippen molar-refractivity contribution in [3.63, 3.8) is 0 Å². The number of benzene rings is 2. The number of carbonyl (C=O) groups excluding carboxylic acids is 1. The molecule has 2 N–H and O–H groups in total. The summed E-state index contributed by atoms with van der Waals surface area (Å²) in [5.41, 5.74) is 1.46. The number of sulfonamides is 1. The fourth-order valence-electron chi connectivity index (χ4n) is 2.53. The molecule has 0 aliphatic heterocycles. The molecule has 7 nitrogen and oxygen atoms in total. The van der Waals surface area contributed by atoms with Crippen LogP contribution in [0, 0.1) is 12.7 Å². The van der Waals surface area contributed by atoms with Crippen molar-refractivity contribution in [2.24, 2.45) is 0 Å². The largest absolute Gasteiger partial charge is 0.497 e. The summed E-state index contributed by atoms with van der Waals surface area (Å²) in [4.78, 5) is 16.4. The Morgan fingerprint density at radius 2 is 1.93 bits per heavy atom. The standard InChI is InChI=1S/C20H20FN3O4S2/c1-13-3-4-14(11-18(13)21)22-19(25)10-5-15-12-29-20(23-15)24-30(26,27)17-8-6-16(28-2)7-9-17/h3-4,6-9,11-12H,5,10H2,1-2H3,(H,22,25)(H,23,24). The molecule has 3 rings (SSSR count). The van der Waals surface area contributed by atoms with E-state index in [0.29, 0.717) is 29.1 Å². The molecular weight excluding hydrogens is 429 g/mol. The molecule has 0 saturated carbocycles. The number of amides is 1. The number of halogens is 1. The number of hydrogen-bond donors (Lipinski definition) is 2. The smallest absolute Gasteiger partial charge is 0.263 e. The van der Waals surface area contributed by atoms with Crippen LogP contribution in [0.3, 0.4) is 0 Å². The van der Waals surface area contributed by atoms with E-state index >= 15 is 0 Å². The first-order valence-corrected chi connectivity index (χ1v) is 11.3. The van der Waals surface area contributed by atoms with Gasteiger partial charge in [-0.15, -0.1) is 11.3 Å². The molecule has 0 saturated heterocycles. The van der Waals surface area contributed by atoms with Gasteiger partial charge in [0.15, 0.2) is 5.13 Å². The van der Waals surface area contributed by atoms with Crippen molar-refractivity contribution in [3.8, 4) is 5.75 Å². The van der Waals surface area contributed by atoms with E-state index in [4.69, 9.17) is 4.74 Å². The van der Waals surface area contributed by atoms with E-state index < -0.39 is 10.0 Å². The minimum absolute atomic E-state index is 0.0877. The number of anilines is 2. The van der Waals surface area contributed by atoms with Gasteiger partial charge in [0.05, 0.1) is 17.7 Å². The number of aromatic nitrogens is 1. The Labute approximate surface area is 178 Å². The topological polar surface area (TPSA) is 97.4 Å². The van der Waals surface area contributed by atoms with E-state index in [9.17, 15) is 17.6 Å². The van der Waals surface area contributed by atoms with E-state index in [0.717, 1.165) is 11.3 Å². The molecule has 0 fully saturated rings. The van der Waals surface area contributed by atoms with Gasteiger partial charge in [0.2, 0.25) is 5.91 Å². The summed E-state index contributed by atoms with van der Waals surface area (Å²) < 4.78 is 45.9. The Balaban J connectivity index is 1.56. The third-order valence-corrected chi connectivity index (χ3v) is 6.50. The van der Waals surface area contributed by atoms with Crippen molar-refractivity contribution in [2.75, 3.05) is 17.1 Å². The van der Waals surface area contributed by atoms with Crippen LogP contribution in [0.2, 0.25) is 0 Å². The minimum Gasteiger partial charge on any atom is -0.497 e. The number of hydrogen-bond acceptors (Lipinski definition) is 6. The molecule has 0 spiro atoms. The quantitative estimate of drug-likeness (QED) is 0.542. The van der Waals surface area contributed by atoms with Gasteiger partial charge in [-0.05, 0) is 55.3 Å². The fourth-order valence-corrected chi connectivity index (χ4v) is 4.53. The number of nitrogens with zero attached hydrogens (tertiary/aromatic N) is 1. The second-order valence-corrected chi connectivity index (χ2v) is 8.98. The second kappa shape index (κ2) is 9.23.